The van der Waals surface area contributed by atoms with Gasteiger partial charge in [0.05, 0.1) is 6.61 Å². The van der Waals surface area contributed by atoms with E-state index in [9.17, 15) is 8.42 Å². The molecule has 1 saturated carbocycles. The molecule has 0 radical (unpaired) electrons. The molecule has 1 aromatic rings. The fraction of sp³-hybridized carbons (Fsp3) is 0.692. The van der Waals surface area contributed by atoms with Crippen molar-refractivity contribution in [2.24, 2.45) is 0 Å². The van der Waals surface area contributed by atoms with Crippen molar-refractivity contribution in [3.63, 3.8) is 0 Å². The van der Waals surface area contributed by atoms with Crippen LogP contribution in [-0.4, -0.2) is 45.1 Å². The van der Waals surface area contributed by atoms with Crippen molar-refractivity contribution < 1.29 is 13.2 Å². The Labute approximate surface area is 124 Å². The van der Waals surface area contributed by atoms with Crippen molar-refractivity contribution in [3.05, 3.63) is 17.0 Å². The monoisotopic (exact) mass is 316 g/mol. The molecule has 0 bridgehead atoms. The maximum Gasteiger partial charge on any atom is 0.252 e. The number of ether oxygens (including phenoxy) is 1. The molecule has 0 spiro atoms. The number of thiophene rings is 1. The second-order valence-corrected chi connectivity index (χ2v) is 8.58. The highest BCUT2D eigenvalue weighted by Crippen LogP contribution is 2.26. The highest BCUT2D eigenvalue weighted by Gasteiger charge is 2.27. The highest BCUT2D eigenvalue weighted by molar-refractivity contribution is 7.91. The van der Waals surface area contributed by atoms with Gasteiger partial charge in [-0.05, 0) is 31.4 Å². The lowest BCUT2D eigenvalue weighted by molar-refractivity contribution is 0.148. The zero-order valence-electron chi connectivity index (χ0n) is 11.4. The average molecular weight is 316 g/mol. The molecular weight excluding hydrogens is 296 g/mol. The fourth-order valence-electron chi connectivity index (χ4n) is 2.22. The Hall–Kier alpha value is -0.470. The molecule has 2 heterocycles. The first-order valence-electron chi connectivity index (χ1n) is 7.06. The molecule has 0 atom stereocenters. The van der Waals surface area contributed by atoms with Gasteiger partial charge in [0.15, 0.2) is 0 Å². The standard InChI is InChI=1S/C13H20N2O3S2/c16-20(17,15-6-1-8-18-9-7-15)13-5-4-12(19-13)10-14-11-2-3-11/h4-5,11,14H,1-3,6-10H2. The molecule has 1 N–H and O–H groups in total. The zero-order chi connectivity index (χ0) is 14.0. The molecule has 7 heteroatoms. The van der Waals surface area contributed by atoms with Crippen LogP contribution in [0.1, 0.15) is 24.1 Å². The summed E-state index contributed by atoms with van der Waals surface area (Å²) in [6, 6.07) is 4.29. The first-order valence-corrected chi connectivity index (χ1v) is 9.32. The second-order valence-electron chi connectivity index (χ2n) is 5.25. The minimum atomic E-state index is -3.34. The molecular formula is C13H20N2O3S2. The van der Waals surface area contributed by atoms with Gasteiger partial charge in [0, 0.05) is 37.2 Å². The minimum absolute atomic E-state index is 0.451. The average Bonchev–Trinajstić information content (AvgIpc) is 3.19. The molecule has 1 aliphatic heterocycles. The Kier molecular flexibility index (Phi) is 4.42. The molecule has 0 unspecified atom stereocenters. The molecule has 1 aliphatic carbocycles. The number of hydrogen-bond acceptors (Lipinski definition) is 5. The lowest BCUT2D eigenvalue weighted by atomic mass is 10.4. The summed E-state index contributed by atoms with van der Waals surface area (Å²) in [4.78, 5) is 1.08. The van der Waals surface area contributed by atoms with Crippen LogP contribution >= 0.6 is 11.3 Å². The molecule has 112 valence electrons. The minimum Gasteiger partial charge on any atom is -0.380 e. The van der Waals surface area contributed by atoms with Gasteiger partial charge in [0.1, 0.15) is 4.21 Å². The van der Waals surface area contributed by atoms with E-state index in [1.54, 1.807) is 10.4 Å². The molecule has 2 aliphatic rings. The third-order valence-corrected chi connectivity index (χ3v) is 7.01. The predicted molar refractivity (Wildman–Crippen MR) is 78.4 cm³/mol. The Morgan fingerprint density at radius 1 is 1.30 bits per heavy atom. The van der Waals surface area contributed by atoms with Gasteiger partial charge >= 0.3 is 0 Å². The number of sulfonamides is 1. The smallest absolute Gasteiger partial charge is 0.252 e. The molecule has 2 fully saturated rings. The first kappa shape index (κ1) is 14.5. The van der Waals surface area contributed by atoms with Gasteiger partial charge in [-0.3, -0.25) is 0 Å². The van der Waals surface area contributed by atoms with E-state index in [0.717, 1.165) is 17.8 Å². The Morgan fingerprint density at radius 3 is 2.95 bits per heavy atom. The second kappa shape index (κ2) is 6.11. The maximum absolute atomic E-state index is 12.6. The number of rotatable bonds is 5. The summed E-state index contributed by atoms with van der Waals surface area (Å²) in [5.74, 6) is 0. The van der Waals surface area contributed by atoms with Crippen molar-refractivity contribution in [1.29, 1.82) is 0 Å². The summed E-state index contributed by atoms with van der Waals surface area (Å²) < 4.78 is 32.4. The van der Waals surface area contributed by atoms with E-state index in [-0.39, 0.29) is 0 Å². The van der Waals surface area contributed by atoms with Gasteiger partial charge in [-0.2, -0.15) is 4.31 Å². The van der Waals surface area contributed by atoms with Crippen LogP contribution < -0.4 is 5.32 Å². The van der Waals surface area contributed by atoms with Crippen LogP contribution in [0, 0.1) is 0 Å². The summed E-state index contributed by atoms with van der Waals surface area (Å²) in [6.45, 7) is 2.91. The number of nitrogens with zero attached hydrogens (tertiary/aromatic N) is 1. The van der Waals surface area contributed by atoms with E-state index in [4.69, 9.17) is 4.74 Å². The fourth-order valence-corrected chi connectivity index (χ4v) is 5.14. The molecule has 20 heavy (non-hydrogen) atoms. The Balaban J connectivity index is 1.69. The molecule has 5 nitrogen and oxygen atoms in total. The van der Waals surface area contributed by atoms with E-state index < -0.39 is 10.0 Å². The van der Waals surface area contributed by atoms with E-state index in [1.165, 1.54) is 24.2 Å². The molecule has 1 saturated heterocycles. The summed E-state index contributed by atoms with van der Waals surface area (Å²) in [7, 11) is -3.34. The maximum atomic E-state index is 12.6. The SMILES string of the molecule is O=S(=O)(c1ccc(CNC2CC2)s1)N1CCCOCC1. The van der Waals surface area contributed by atoms with Gasteiger partial charge in [-0.15, -0.1) is 11.3 Å². The van der Waals surface area contributed by atoms with Gasteiger partial charge < -0.3 is 10.1 Å². The Bertz CT molecular complexity index is 544. The lowest BCUT2D eigenvalue weighted by Gasteiger charge is -2.17. The van der Waals surface area contributed by atoms with Crippen LogP contribution in [0.25, 0.3) is 0 Å². The van der Waals surface area contributed by atoms with E-state index in [0.29, 0.717) is 36.6 Å². The van der Waals surface area contributed by atoms with Crippen LogP contribution in [0.5, 0.6) is 0 Å². The summed E-state index contributed by atoms with van der Waals surface area (Å²) >= 11 is 1.38. The van der Waals surface area contributed by atoms with E-state index >= 15 is 0 Å². The van der Waals surface area contributed by atoms with E-state index in [1.807, 2.05) is 6.07 Å². The van der Waals surface area contributed by atoms with Crippen molar-refractivity contribution in [2.45, 2.75) is 36.1 Å². The number of nitrogens with one attached hydrogen (secondary N) is 1. The van der Waals surface area contributed by atoms with Crippen molar-refractivity contribution in [2.75, 3.05) is 26.3 Å². The zero-order valence-corrected chi connectivity index (χ0v) is 13.0. The predicted octanol–water partition coefficient (Wildman–Crippen LogP) is 1.41. The van der Waals surface area contributed by atoms with Crippen LogP contribution in [0.3, 0.4) is 0 Å². The lowest BCUT2D eigenvalue weighted by Crippen LogP contribution is -2.32. The van der Waals surface area contributed by atoms with Crippen molar-refractivity contribution in [1.82, 2.24) is 9.62 Å². The largest absolute Gasteiger partial charge is 0.380 e. The summed E-state index contributed by atoms with van der Waals surface area (Å²) in [5, 5.41) is 3.41. The van der Waals surface area contributed by atoms with Crippen molar-refractivity contribution >= 4 is 21.4 Å². The quantitative estimate of drug-likeness (QED) is 0.892. The summed E-state index contributed by atoms with van der Waals surface area (Å²) in [5.41, 5.74) is 0. The van der Waals surface area contributed by atoms with Gasteiger partial charge in [0.2, 0.25) is 0 Å². The highest BCUT2D eigenvalue weighted by atomic mass is 32.2. The molecule has 0 aromatic carbocycles. The van der Waals surface area contributed by atoms with Crippen LogP contribution in [0.2, 0.25) is 0 Å². The van der Waals surface area contributed by atoms with Crippen LogP contribution in [0.4, 0.5) is 0 Å². The van der Waals surface area contributed by atoms with Crippen LogP contribution in [0.15, 0.2) is 16.3 Å². The van der Waals surface area contributed by atoms with Gasteiger partial charge in [-0.1, -0.05) is 0 Å². The molecule has 1 aromatic heterocycles. The molecule has 0 amide bonds. The van der Waals surface area contributed by atoms with Gasteiger partial charge in [0.25, 0.3) is 10.0 Å². The van der Waals surface area contributed by atoms with Crippen LogP contribution in [-0.2, 0) is 21.3 Å². The summed E-state index contributed by atoms with van der Waals surface area (Å²) in [6.07, 6.45) is 3.25. The third-order valence-electron chi connectivity index (χ3n) is 3.55. The first-order chi connectivity index (χ1) is 9.66. The van der Waals surface area contributed by atoms with Crippen molar-refractivity contribution in [3.8, 4) is 0 Å². The topological polar surface area (TPSA) is 58.6 Å². The third kappa shape index (κ3) is 3.40. The number of hydrogen-bond donors (Lipinski definition) is 1. The normalized spacial score (nSPS) is 21.8. The Morgan fingerprint density at radius 2 is 2.15 bits per heavy atom. The van der Waals surface area contributed by atoms with Gasteiger partial charge in [-0.25, -0.2) is 8.42 Å². The molecule has 3 rings (SSSR count). The van der Waals surface area contributed by atoms with E-state index in [2.05, 4.69) is 5.32 Å².